The maximum absolute atomic E-state index is 13.8. The normalized spacial score (nSPS) is 23.9. The first kappa shape index (κ1) is 23.8. The summed E-state index contributed by atoms with van der Waals surface area (Å²) in [6, 6.07) is 10.7. The van der Waals surface area contributed by atoms with Crippen molar-refractivity contribution in [3.8, 4) is 17.3 Å². The lowest BCUT2D eigenvalue weighted by Crippen LogP contribution is -2.31. The Morgan fingerprint density at radius 3 is 2.92 bits per heavy atom. The van der Waals surface area contributed by atoms with Gasteiger partial charge < -0.3 is 15.4 Å². The highest BCUT2D eigenvalue weighted by molar-refractivity contribution is 5.89. The summed E-state index contributed by atoms with van der Waals surface area (Å²) in [6.07, 6.45) is 3.25. The lowest BCUT2D eigenvalue weighted by Gasteiger charge is -2.19. The molecule has 9 heteroatoms. The van der Waals surface area contributed by atoms with Crippen LogP contribution in [-0.2, 0) is 11.2 Å². The predicted molar refractivity (Wildman–Crippen MR) is 140 cm³/mol. The van der Waals surface area contributed by atoms with E-state index in [0.29, 0.717) is 50.0 Å². The van der Waals surface area contributed by atoms with Gasteiger partial charge in [0.1, 0.15) is 18.6 Å². The van der Waals surface area contributed by atoms with Crippen LogP contribution in [0.4, 0.5) is 10.2 Å². The van der Waals surface area contributed by atoms with Crippen molar-refractivity contribution in [2.45, 2.75) is 37.4 Å². The molecular weight excluding hydrogens is 471 g/mol. The molecule has 1 saturated heterocycles. The number of amides is 1. The molecule has 3 heterocycles. The van der Waals surface area contributed by atoms with Gasteiger partial charge in [-0.2, -0.15) is 9.97 Å². The number of alkyl halides is 1. The zero-order valence-electron chi connectivity index (χ0n) is 20.9. The SMILES string of the molecule is C=CC(=O)NCCNc1nc(OC[C@@H]2C[C@@H](F)CN2C)nc2nc(-c3cccc4c3C3CC3C4)ccc12. The summed E-state index contributed by atoms with van der Waals surface area (Å²) >= 11 is 0. The van der Waals surface area contributed by atoms with Gasteiger partial charge in [-0.3, -0.25) is 9.69 Å². The van der Waals surface area contributed by atoms with Crippen molar-refractivity contribution in [3.05, 3.63) is 54.1 Å². The van der Waals surface area contributed by atoms with Crippen LogP contribution >= 0.6 is 0 Å². The first-order valence-electron chi connectivity index (χ1n) is 12.9. The second kappa shape index (κ2) is 9.70. The number of halogens is 1. The van der Waals surface area contributed by atoms with Crippen molar-refractivity contribution in [1.82, 2.24) is 25.2 Å². The molecule has 192 valence electrons. The van der Waals surface area contributed by atoms with E-state index in [9.17, 15) is 9.18 Å². The van der Waals surface area contributed by atoms with Gasteiger partial charge in [0.25, 0.3) is 0 Å². The molecule has 0 spiro atoms. The number of fused-ring (bicyclic) bond motifs is 4. The number of anilines is 1. The van der Waals surface area contributed by atoms with Crippen molar-refractivity contribution < 1.29 is 13.9 Å². The summed E-state index contributed by atoms with van der Waals surface area (Å²) in [4.78, 5) is 27.6. The van der Waals surface area contributed by atoms with Crippen molar-refractivity contribution in [2.24, 2.45) is 5.92 Å². The number of hydrogen-bond acceptors (Lipinski definition) is 7. The minimum absolute atomic E-state index is 0.0301. The van der Waals surface area contributed by atoms with Gasteiger partial charge in [-0.1, -0.05) is 24.8 Å². The number of hydrogen-bond donors (Lipinski definition) is 2. The molecule has 4 atom stereocenters. The van der Waals surface area contributed by atoms with Crippen LogP contribution in [0.25, 0.3) is 22.3 Å². The number of carbonyl (C=O) groups is 1. The number of pyridine rings is 1. The molecule has 0 radical (unpaired) electrons. The second-order valence-corrected chi connectivity index (χ2v) is 10.3. The van der Waals surface area contributed by atoms with Gasteiger partial charge in [0, 0.05) is 31.2 Å². The summed E-state index contributed by atoms with van der Waals surface area (Å²) in [5.41, 5.74) is 5.47. The quantitative estimate of drug-likeness (QED) is 0.342. The average molecular weight is 503 g/mol. The van der Waals surface area contributed by atoms with E-state index in [4.69, 9.17) is 9.72 Å². The van der Waals surface area contributed by atoms with E-state index in [1.165, 1.54) is 29.2 Å². The Kier molecular flexibility index (Phi) is 6.24. The van der Waals surface area contributed by atoms with Crippen molar-refractivity contribution in [2.75, 3.05) is 38.6 Å². The van der Waals surface area contributed by atoms with Crippen molar-refractivity contribution >= 4 is 22.8 Å². The average Bonchev–Trinajstić information content (AvgIpc) is 3.45. The summed E-state index contributed by atoms with van der Waals surface area (Å²) < 4.78 is 19.8. The number of aromatic nitrogens is 3. The third kappa shape index (κ3) is 4.75. The maximum atomic E-state index is 13.8. The zero-order chi connectivity index (χ0) is 25.5. The van der Waals surface area contributed by atoms with Gasteiger partial charge in [-0.25, -0.2) is 9.37 Å². The molecule has 2 aliphatic carbocycles. The molecule has 1 saturated carbocycles. The fourth-order valence-electron chi connectivity index (χ4n) is 5.72. The van der Waals surface area contributed by atoms with E-state index in [1.807, 2.05) is 24.1 Å². The van der Waals surface area contributed by atoms with E-state index in [2.05, 4.69) is 45.4 Å². The summed E-state index contributed by atoms with van der Waals surface area (Å²) in [6.45, 7) is 5.03. The molecule has 2 N–H and O–H groups in total. The Morgan fingerprint density at radius 1 is 1.22 bits per heavy atom. The van der Waals surface area contributed by atoms with E-state index < -0.39 is 6.17 Å². The Bertz CT molecular complexity index is 1360. The Labute approximate surface area is 215 Å². The van der Waals surface area contributed by atoms with Gasteiger partial charge in [-0.15, -0.1) is 0 Å². The third-order valence-electron chi connectivity index (χ3n) is 7.73. The Morgan fingerprint density at radius 2 is 2.11 bits per heavy atom. The number of ether oxygens (including phenoxy) is 1. The number of benzene rings is 1. The number of likely N-dealkylation sites (N-methyl/N-ethyl adjacent to an activating group) is 1. The molecule has 2 unspecified atom stereocenters. The minimum atomic E-state index is -0.845. The molecule has 1 aromatic carbocycles. The lowest BCUT2D eigenvalue weighted by atomic mass is 9.97. The maximum Gasteiger partial charge on any atom is 0.320 e. The highest BCUT2D eigenvalue weighted by Gasteiger charge is 2.46. The van der Waals surface area contributed by atoms with Gasteiger partial charge in [-0.05, 0) is 67.5 Å². The van der Waals surface area contributed by atoms with E-state index >= 15 is 0 Å². The minimum Gasteiger partial charge on any atom is -0.462 e. The lowest BCUT2D eigenvalue weighted by molar-refractivity contribution is -0.116. The summed E-state index contributed by atoms with van der Waals surface area (Å²) in [7, 11) is 1.90. The topological polar surface area (TPSA) is 92.3 Å². The van der Waals surface area contributed by atoms with Crippen LogP contribution in [0.3, 0.4) is 0 Å². The molecule has 3 aromatic rings. The van der Waals surface area contributed by atoms with Gasteiger partial charge in [0.15, 0.2) is 5.65 Å². The first-order chi connectivity index (χ1) is 18.0. The van der Waals surface area contributed by atoms with Crippen LogP contribution < -0.4 is 15.4 Å². The largest absolute Gasteiger partial charge is 0.462 e. The monoisotopic (exact) mass is 502 g/mol. The third-order valence-corrected chi connectivity index (χ3v) is 7.73. The van der Waals surface area contributed by atoms with Crippen LogP contribution in [0.1, 0.15) is 29.9 Å². The van der Waals surface area contributed by atoms with E-state index in [-0.39, 0.29) is 18.0 Å². The standard InChI is InChI=1S/C28H31FN6O2/c1-3-24(36)30-9-10-31-26-21-7-8-23(20-6-4-5-16-11-17-12-22(17)25(16)20)32-27(21)34-28(33-26)37-15-19-13-18(29)14-35(19)2/h3-8,17-19,22H,1,9-15H2,2H3,(H,30,36)(H,31,32,33,34)/t17?,18-,19+,22?/m1/s1. The van der Waals surface area contributed by atoms with E-state index in [1.54, 1.807) is 0 Å². The highest BCUT2D eigenvalue weighted by Crippen LogP contribution is 2.58. The zero-order valence-corrected chi connectivity index (χ0v) is 20.9. The summed E-state index contributed by atoms with van der Waals surface area (Å²) in [5.74, 6) is 1.79. The van der Waals surface area contributed by atoms with Crippen LogP contribution in [0.5, 0.6) is 6.01 Å². The molecular formula is C28H31FN6O2. The van der Waals surface area contributed by atoms with Crippen molar-refractivity contribution in [3.63, 3.8) is 0 Å². The van der Waals surface area contributed by atoms with E-state index in [0.717, 1.165) is 23.4 Å². The molecule has 37 heavy (non-hydrogen) atoms. The fourth-order valence-corrected chi connectivity index (χ4v) is 5.72. The molecule has 1 amide bonds. The van der Waals surface area contributed by atoms with Gasteiger partial charge >= 0.3 is 6.01 Å². The molecule has 0 bridgehead atoms. The van der Waals surface area contributed by atoms with Crippen LogP contribution in [0.2, 0.25) is 0 Å². The van der Waals surface area contributed by atoms with Gasteiger partial charge in [0.05, 0.1) is 11.1 Å². The molecule has 1 aliphatic heterocycles. The molecule has 3 aliphatic rings. The van der Waals surface area contributed by atoms with Crippen LogP contribution in [-0.4, -0.2) is 71.3 Å². The number of rotatable bonds is 9. The van der Waals surface area contributed by atoms with Crippen molar-refractivity contribution in [1.29, 1.82) is 0 Å². The van der Waals surface area contributed by atoms with Crippen LogP contribution in [0, 0.1) is 5.92 Å². The molecule has 8 nitrogen and oxygen atoms in total. The number of carbonyl (C=O) groups excluding carboxylic acids is 1. The Balaban J connectivity index is 1.30. The summed E-state index contributed by atoms with van der Waals surface area (Å²) in [5, 5.41) is 6.79. The van der Waals surface area contributed by atoms with Crippen LogP contribution in [0.15, 0.2) is 43.0 Å². The fraction of sp³-hybridized carbons (Fsp3) is 0.429. The molecule has 2 aromatic heterocycles. The molecule has 2 fully saturated rings. The van der Waals surface area contributed by atoms with Gasteiger partial charge in [0.2, 0.25) is 5.91 Å². The molecule has 6 rings (SSSR count). The smallest absolute Gasteiger partial charge is 0.320 e. The predicted octanol–water partition coefficient (Wildman–Crippen LogP) is 3.49. The number of nitrogens with zero attached hydrogens (tertiary/aromatic N) is 4. The first-order valence-corrected chi connectivity index (χ1v) is 12.9. The number of likely N-dealkylation sites (tertiary alicyclic amines) is 1. The number of nitrogens with one attached hydrogen (secondary N) is 2. The second-order valence-electron chi connectivity index (χ2n) is 10.3. The Hall–Kier alpha value is -3.59. The highest BCUT2D eigenvalue weighted by atomic mass is 19.1.